The van der Waals surface area contributed by atoms with Crippen molar-refractivity contribution >= 4 is 22.7 Å². The fourth-order valence-corrected chi connectivity index (χ4v) is 3.21. The lowest BCUT2D eigenvalue weighted by atomic mass is 10.0. The predicted octanol–water partition coefficient (Wildman–Crippen LogP) is 3.46. The second kappa shape index (κ2) is 7.23. The Labute approximate surface area is 155 Å². The van der Waals surface area contributed by atoms with Gasteiger partial charge >= 0.3 is 0 Å². The summed E-state index contributed by atoms with van der Waals surface area (Å²) in [6, 6.07) is 14.4. The maximum Gasteiger partial charge on any atom is 0.241 e. The second-order valence-corrected chi connectivity index (χ2v) is 6.85. The summed E-state index contributed by atoms with van der Waals surface area (Å²) in [5.74, 6) is -0.689. The van der Waals surface area contributed by atoms with E-state index in [9.17, 15) is 14.0 Å². The maximum absolute atomic E-state index is 13.8. The number of halogens is 1. The van der Waals surface area contributed by atoms with Crippen LogP contribution in [0, 0.1) is 11.7 Å². The summed E-state index contributed by atoms with van der Waals surface area (Å²) in [6.45, 7) is 0. The van der Waals surface area contributed by atoms with E-state index in [4.69, 9.17) is 0 Å². The average Bonchev–Trinajstić information content (AvgIpc) is 3.47. The Morgan fingerprint density at radius 1 is 1.07 bits per heavy atom. The predicted molar refractivity (Wildman–Crippen MR) is 101 cm³/mol. The van der Waals surface area contributed by atoms with Gasteiger partial charge in [-0.15, -0.1) is 0 Å². The molecule has 5 nitrogen and oxygen atoms in total. The molecule has 3 N–H and O–H groups in total. The molecule has 2 aromatic carbocycles. The highest BCUT2D eigenvalue weighted by atomic mass is 19.1. The van der Waals surface area contributed by atoms with Gasteiger partial charge in [0.1, 0.15) is 5.82 Å². The SMILES string of the molecule is O=C(CCc1c(-c2ccccc2)[nH]c2ccc(F)cc12)NNC(=O)C1CC1. The van der Waals surface area contributed by atoms with Crippen LogP contribution in [0.15, 0.2) is 48.5 Å². The van der Waals surface area contributed by atoms with Gasteiger partial charge in [-0.2, -0.15) is 0 Å². The Kier molecular flexibility index (Phi) is 4.62. The first-order chi connectivity index (χ1) is 13.1. The fraction of sp³-hybridized carbons (Fsp3) is 0.238. The molecular formula is C21H20FN3O2. The number of aromatic nitrogens is 1. The van der Waals surface area contributed by atoms with Crippen molar-refractivity contribution in [2.75, 3.05) is 0 Å². The van der Waals surface area contributed by atoms with Gasteiger partial charge in [0.2, 0.25) is 11.8 Å². The van der Waals surface area contributed by atoms with Gasteiger partial charge in [-0.25, -0.2) is 4.39 Å². The van der Waals surface area contributed by atoms with Crippen LogP contribution in [-0.4, -0.2) is 16.8 Å². The van der Waals surface area contributed by atoms with Crippen LogP contribution < -0.4 is 10.9 Å². The number of aryl methyl sites for hydroxylation is 1. The molecule has 1 fully saturated rings. The lowest BCUT2D eigenvalue weighted by Gasteiger charge is -2.08. The molecule has 1 heterocycles. The van der Waals surface area contributed by atoms with Crippen molar-refractivity contribution < 1.29 is 14.0 Å². The minimum atomic E-state index is -0.316. The van der Waals surface area contributed by atoms with Crippen molar-refractivity contribution in [1.29, 1.82) is 0 Å². The third-order valence-electron chi connectivity index (χ3n) is 4.81. The van der Waals surface area contributed by atoms with Crippen LogP contribution in [-0.2, 0) is 16.0 Å². The lowest BCUT2D eigenvalue weighted by molar-refractivity contribution is -0.129. The van der Waals surface area contributed by atoms with Gasteiger partial charge in [0.05, 0.1) is 0 Å². The zero-order valence-electron chi connectivity index (χ0n) is 14.7. The number of hydrogen-bond acceptors (Lipinski definition) is 2. The first kappa shape index (κ1) is 17.3. The van der Waals surface area contributed by atoms with Gasteiger partial charge < -0.3 is 4.98 Å². The van der Waals surface area contributed by atoms with E-state index < -0.39 is 0 Å². The highest BCUT2D eigenvalue weighted by molar-refractivity contribution is 5.91. The number of fused-ring (bicyclic) bond motifs is 1. The van der Waals surface area contributed by atoms with Crippen molar-refractivity contribution in [2.45, 2.75) is 25.7 Å². The number of amides is 2. The van der Waals surface area contributed by atoms with Crippen LogP contribution in [0.1, 0.15) is 24.8 Å². The Balaban J connectivity index is 1.55. The number of rotatable bonds is 5. The largest absolute Gasteiger partial charge is 0.354 e. The molecule has 1 aromatic heterocycles. The molecule has 1 aliphatic rings. The second-order valence-electron chi connectivity index (χ2n) is 6.85. The fourth-order valence-electron chi connectivity index (χ4n) is 3.21. The van der Waals surface area contributed by atoms with Crippen LogP contribution in [0.2, 0.25) is 0 Å². The third kappa shape index (κ3) is 3.84. The lowest BCUT2D eigenvalue weighted by Crippen LogP contribution is -2.42. The van der Waals surface area contributed by atoms with E-state index in [1.807, 2.05) is 30.3 Å². The average molecular weight is 365 g/mol. The van der Waals surface area contributed by atoms with E-state index in [0.29, 0.717) is 6.42 Å². The van der Waals surface area contributed by atoms with Gasteiger partial charge in [0.15, 0.2) is 0 Å². The Morgan fingerprint density at radius 3 is 2.59 bits per heavy atom. The summed E-state index contributed by atoms with van der Waals surface area (Å²) in [5.41, 5.74) is 8.50. The number of hydrogen-bond donors (Lipinski definition) is 3. The molecular weight excluding hydrogens is 345 g/mol. The minimum Gasteiger partial charge on any atom is -0.354 e. The van der Waals surface area contributed by atoms with E-state index in [-0.39, 0.29) is 30.0 Å². The number of hydrazine groups is 1. The summed E-state index contributed by atoms with van der Waals surface area (Å²) in [7, 11) is 0. The van der Waals surface area contributed by atoms with Crippen LogP contribution in [0.5, 0.6) is 0 Å². The van der Waals surface area contributed by atoms with Gasteiger partial charge in [-0.3, -0.25) is 20.4 Å². The number of carbonyl (C=O) groups excluding carboxylic acids is 2. The third-order valence-corrected chi connectivity index (χ3v) is 4.81. The Hall–Kier alpha value is -3.15. The molecule has 3 aromatic rings. The zero-order valence-corrected chi connectivity index (χ0v) is 14.7. The standard InChI is InChI=1S/C21H20FN3O2/c22-15-8-10-18-17(12-15)16(20(23-18)13-4-2-1-3-5-13)9-11-19(26)24-25-21(27)14-6-7-14/h1-5,8,10,12,14,23H,6-7,9,11H2,(H,24,26)(H,25,27). The summed E-state index contributed by atoms with van der Waals surface area (Å²) in [5, 5.41) is 0.767. The first-order valence-electron chi connectivity index (χ1n) is 9.06. The number of carbonyl (C=O) groups is 2. The monoisotopic (exact) mass is 365 g/mol. The molecule has 0 saturated heterocycles. The normalized spacial score (nSPS) is 13.5. The molecule has 1 aliphatic carbocycles. The van der Waals surface area contributed by atoms with Gasteiger partial charge in [-0.05, 0) is 48.6 Å². The topological polar surface area (TPSA) is 74.0 Å². The molecule has 0 atom stereocenters. The van der Waals surface area contributed by atoms with Crippen molar-refractivity contribution in [2.24, 2.45) is 5.92 Å². The number of benzene rings is 2. The van der Waals surface area contributed by atoms with Crippen molar-refractivity contribution in [3.05, 3.63) is 59.9 Å². The molecule has 0 unspecified atom stereocenters. The van der Waals surface area contributed by atoms with Crippen LogP contribution in [0.3, 0.4) is 0 Å². The summed E-state index contributed by atoms with van der Waals surface area (Å²) in [4.78, 5) is 27.1. The number of aromatic amines is 1. The summed E-state index contributed by atoms with van der Waals surface area (Å²) >= 11 is 0. The van der Waals surface area contributed by atoms with Crippen LogP contribution in [0.25, 0.3) is 22.2 Å². The Bertz CT molecular complexity index is 993. The van der Waals surface area contributed by atoms with Gasteiger partial charge in [0.25, 0.3) is 0 Å². The molecule has 0 radical (unpaired) electrons. The van der Waals surface area contributed by atoms with Crippen LogP contribution in [0.4, 0.5) is 4.39 Å². The minimum absolute atomic E-state index is 0.0339. The Morgan fingerprint density at radius 2 is 1.85 bits per heavy atom. The highest BCUT2D eigenvalue weighted by Gasteiger charge is 2.29. The van der Waals surface area contributed by atoms with Crippen molar-refractivity contribution in [3.8, 4) is 11.3 Å². The smallest absolute Gasteiger partial charge is 0.241 e. The summed E-state index contributed by atoms with van der Waals surface area (Å²) < 4.78 is 13.8. The number of H-pyrrole nitrogens is 1. The molecule has 4 rings (SSSR count). The zero-order chi connectivity index (χ0) is 18.8. The van der Waals surface area contributed by atoms with E-state index in [1.165, 1.54) is 12.1 Å². The van der Waals surface area contributed by atoms with Gasteiger partial charge in [-0.1, -0.05) is 30.3 Å². The van der Waals surface area contributed by atoms with E-state index in [0.717, 1.165) is 40.6 Å². The molecule has 1 saturated carbocycles. The maximum atomic E-state index is 13.8. The van der Waals surface area contributed by atoms with Crippen molar-refractivity contribution in [3.63, 3.8) is 0 Å². The molecule has 138 valence electrons. The van der Waals surface area contributed by atoms with Gasteiger partial charge in [0, 0.05) is 28.9 Å². The molecule has 6 heteroatoms. The number of nitrogens with one attached hydrogen (secondary N) is 3. The molecule has 2 amide bonds. The summed E-state index contributed by atoms with van der Waals surface area (Å²) in [6.07, 6.45) is 2.37. The van der Waals surface area contributed by atoms with Crippen LogP contribution >= 0.6 is 0 Å². The highest BCUT2D eigenvalue weighted by Crippen LogP contribution is 2.32. The first-order valence-corrected chi connectivity index (χ1v) is 9.06. The van der Waals surface area contributed by atoms with E-state index in [2.05, 4.69) is 15.8 Å². The molecule has 0 aliphatic heterocycles. The molecule has 0 bridgehead atoms. The van der Waals surface area contributed by atoms with E-state index in [1.54, 1.807) is 6.07 Å². The molecule has 0 spiro atoms. The van der Waals surface area contributed by atoms with Crippen molar-refractivity contribution in [1.82, 2.24) is 15.8 Å². The molecule has 27 heavy (non-hydrogen) atoms. The quantitative estimate of drug-likeness (QED) is 0.606. The van der Waals surface area contributed by atoms with E-state index >= 15 is 0 Å².